The summed E-state index contributed by atoms with van der Waals surface area (Å²) >= 11 is 0. The van der Waals surface area contributed by atoms with Crippen LogP contribution in [0.3, 0.4) is 0 Å². The van der Waals surface area contributed by atoms with Crippen LogP contribution in [0.25, 0.3) is 5.65 Å². The number of carboxylic acids is 1. The number of rotatable bonds is 5. The molecule has 0 unspecified atom stereocenters. The zero-order chi connectivity index (χ0) is 30.9. The number of halogens is 7. The van der Waals surface area contributed by atoms with Gasteiger partial charge in [-0.1, -0.05) is 0 Å². The number of aliphatic carboxylic acids is 1. The zero-order valence-corrected chi connectivity index (χ0v) is 21.8. The van der Waals surface area contributed by atoms with Gasteiger partial charge in [-0.2, -0.15) is 23.4 Å². The third kappa shape index (κ3) is 7.42. The number of nitrogens with one attached hydrogen (secondary N) is 3. The first kappa shape index (κ1) is 31.6. The number of hydrogen-bond acceptors (Lipinski definition) is 6. The van der Waals surface area contributed by atoms with Gasteiger partial charge in [-0.05, 0) is 18.9 Å². The molecule has 1 fully saturated rings. The summed E-state index contributed by atoms with van der Waals surface area (Å²) in [4.78, 5) is 26.1. The zero-order valence-electron chi connectivity index (χ0n) is 21.8. The smallest absolute Gasteiger partial charge is 0.475 e. The minimum atomic E-state index is -5.08. The number of amides is 1. The number of hydrogen-bond donors (Lipinski definition) is 5. The van der Waals surface area contributed by atoms with Crippen molar-refractivity contribution in [1.82, 2.24) is 19.7 Å². The minimum Gasteiger partial charge on any atom is -0.475 e. The highest BCUT2D eigenvalue weighted by Crippen LogP contribution is 2.35. The highest BCUT2D eigenvalue weighted by molar-refractivity contribution is 6.08. The summed E-state index contributed by atoms with van der Waals surface area (Å²) in [6.07, 6.45) is -5.53. The molecular weight excluding hydrogens is 571 g/mol. The summed E-state index contributed by atoms with van der Waals surface area (Å²) < 4.78 is 89.3. The Morgan fingerprint density at radius 1 is 1.24 bits per heavy atom. The summed E-state index contributed by atoms with van der Waals surface area (Å²) in [5, 5.41) is 29.0. The standard InChI is InChI=1S/C21H25F4N7O2.C2HF3O2/c1-20(2,3)32-10-13(15(30-32)17(22)23)28-19(34)11-9-26-31-8-6-14(29-18(11)31)27-12-5-4-7-21(24,25)16(12)33;3-2(4,5)1(6)7/h6,8-10,12,16-17,33H,4-5,7H2,1-3H3,(H2,26,27,28,29,34);(H,6,7)/p+1/t12-,16-;/m1./s1. The lowest BCUT2D eigenvalue weighted by Crippen LogP contribution is -2.51. The first-order valence-electron chi connectivity index (χ1n) is 12.0. The molecule has 1 aliphatic carbocycles. The number of H-pyrrole nitrogens is 1. The summed E-state index contributed by atoms with van der Waals surface area (Å²) in [6.45, 7) is 5.44. The minimum absolute atomic E-state index is 0.00176. The molecule has 1 saturated carbocycles. The maximum Gasteiger partial charge on any atom is 0.490 e. The van der Waals surface area contributed by atoms with Gasteiger partial charge in [0.2, 0.25) is 6.20 Å². The largest absolute Gasteiger partial charge is 0.490 e. The molecule has 11 nitrogen and oxygen atoms in total. The number of aliphatic hydroxyl groups is 1. The van der Waals surface area contributed by atoms with E-state index in [1.165, 1.54) is 33.9 Å². The Balaban J connectivity index is 0.000000587. The van der Waals surface area contributed by atoms with Crippen LogP contribution in [-0.4, -0.2) is 66.0 Å². The van der Waals surface area contributed by atoms with Gasteiger partial charge in [0.15, 0.2) is 16.9 Å². The van der Waals surface area contributed by atoms with Gasteiger partial charge in [-0.3, -0.25) is 4.79 Å². The number of nitrogens with zero attached hydrogens (tertiary/aromatic N) is 4. The predicted octanol–water partition coefficient (Wildman–Crippen LogP) is 3.88. The Hall–Kier alpha value is -3.96. The van der Waals surface area contributed by atoms with E-state index in [0.29, 0.717) is 6.42 Å². The summed E-state index contributed by atoms with van der Waals surface area (Å²) in [7, 11) is 0. The van der Waals surface area contributed by atoms with Crippen LogP contribution in [0.1, 0.15) is 62.5 Å². The van der Waals surface area contributed by atoms with Crippen molar-refractivity contribution in [3.05, 3.63) is 35.9 Å². The van der Waals surface area contributed by atoms with Gasteiger partial charge in [0, 0.05) is 33.4 Å². The van der Waals surface area contributed by atoms with E-state index in [1.54, 1.807) is 0 Å². The Morgan fingerprint density at radius 2 is 1.88 bits per heavy atom. The van der Waals surface area contributed by atoms with E-state index in [2.05, 4.69) is 25.8 Å². The van der Waals surface area contributed by atoms with Crippen molar-refractivity contribution in [2.24, 2.45) is 0 Å². The molecule has 2 atom stereocenters. The lowest BCUT2D eigenvalue weighted by atomic mass is 9.89. The fourth-order valence-electron chi connectivity index (χ4n) is 3.85. The monoisotopic (exact) mass is 598 g/mol. The third-order valence-electron chi connectivity index (χ3n) is 6.01. The molecule has 3 heterocycles. The molecule has 1 amide bonds. The molecule has 18 heteroatoms. The normalized spacial score (nSPS) is 19.0. The summed E-state index contributed by atoms with van der Waals surface area (Å²) in [5.41, 5.74) is -0.961. The molecular formula is C23H27F7N7O4+. The van der Waals surface area contributed by atoms with E-state index in [0.717, 1.165) is 0 Å². The topological polar surface area (TPSA) is 149 Å². The van der Waals surface area contributed by atoms with Crippen molar-refractivity contribution in [3.63, 3.8) is 0 Å². The number of carbonyl (C=O) groups is 2. The Bertz CT molecular complexity index is 1400. The first-order valence-corrected chi connectivity index (χ1v) is 12.0. The van der Waals surface area contributed by atoms with Crippen molar-refractivity contribution in [2.45, 2.75) is 76.2 Å². The van der Waals surface area contributed by atoms with E-state index >= 15 is 0 Å². The molecule has 3 aromatic rings. The molecule has 1 aliphatic rings. The van der Waals surface area contributed by atoms with E-state index < -0.39 is 53.8 Å². The predicted molar refractivity (Wildman–Crippen MR) is 128 cm³/mol. The van der Waals surface area contributed by atoms with Gasteiger partial charge in [0.05, 0.1) is 12.2 Å². The van der Waals surface area contributed by atoms with Gasteiger partial charge in [-0.15, -0.1) is 4.68 Å². The SMILES string of the molecule is CC(C)(C)[n+]1cc(NC(=O)c2cnn3ccc(N[C@@H]4CCCC(F)(F)[C@@H]4O)nc23)c(C(F)F)[nH]1.O=C(O)C(F)(F)F. The number of anilines is 2. The maximum absolute atomic E-state index is 13.9. The van der Waals surface area contributed by atoms with Crippen molar-refractivity contribution in [3.8, 4) is 0 Å². The van der Waals surface area contributed by atoms with E-state index in [9.17, 15) is 40.6 Å². The number of aromatic amines is 1. The third-order valence-corrected chi connectivity index (χ3v) is 6.01. The lowest BCUT2D eigenvalue weighted by molar-refractivity contribution is -0.802. The Morgan fingerprint density at radius 3 is 2.44 bits per heavy atom. The van der Waals surface area contributed by atoms with Crippen LogP contribution in [0.4, 0.5) is 42.2 Å². The molecule has 226 valence electrons. The van der Waals surface area contributed by atoms with Crippen molar-refractivity contribution < 1.29 is 55.2 Å². The number of aliphatic hydroxyl groups excluding tert-OH is 1. The number of aromatic nitrogens is 5. The molecule has 0 aromatic carbocycles. The van der Waals surface area contributed by atoms with Crippen molar-refractivity contribution >= 4 is 29.0 Å². The fourth-order valence-corrected chi connectivity index (χ4v) is 3.85. The van der Waals surface area contributed by atoms with Gasteiger partial charge in [0.25, 0.3) is 18.3 Å². The second kappa shape index (κ2) is 11.5. The molecule has 0 saturated heterocycles. The van der Waals surface area contributed by atoms with E-state index in [1.807, 2.05) is 20.8 Å². The Labute approximate surface area is 227 Å². The van der Waals surface area contributed by atoms with Crippen LogP contribution in [0.2, 0.25) is 0 Å². The van der Waals surface area contributed by atoms with Gasteiger partial charge in [0.1, 0.15) is 23.2 Å². The van der Waals surface area contributed by atoms with Crippen molar-refractivity contribution in [2.75, 3.05) is 10.6 Å². The van der Waals surface area contributed by atoms with Gasteiger partial charge >= 0.3 is 12.1 Å². The highest BCUT2D eigenvalue weighted by Gasteiger charge is 2.46. The molecule has 41 heavy (non-hydrogen) atoms. The number of alkyl halides is 7. The number of fused-ring (bicyclic) bond motifs is 1. The second-order valence-electron chi connectivity index (χ2n) is 10.2. The van der Waals surface area contributed by atoms with E-state index in [4.69, 9.17) is 9.90 Å². The van der Waals surface area contributed by atoms with Gasteiger partial charge in [-0.25, -0.2) is 31.9 Å². The molecule has 0 bridgehead atoms. The average molecular weight is 599 g/mol. The molecule has 0 aliphatic heterocycles. The number of carbonyl (C=O) groups excluding carboxylic acids is 1. The van der Waals surface area contributed by atoms with E-state index in [-0.39, 0.29) is 35.6 Å². The van der Waals surface area contributed by atoms with Crippen molar-refractivity contribution in [1.29, 1.82) is 0 Å². The van der Waals surface area contributed by atoms with Crippen LogP contribution >= 0.6 is 0 Å². The molecule has 0 radical (unpaired) electrons. The maximum atomic E-state index is 13.9. The average Bonchev–Trinajstić information content (AvgIpc) is 3.46. The van der Waals surface area contributed by atoms with Crippen LogP contribution in [-0.2, 0) is 10.3 Å². The first-order chi connectivity index (χ1) is 18.8. The van der Waals surface area contributed by atoms with Gasteiger partial charge < -0.3 is 20.8 Å². The second-order valence-corrected chi connectivity index (χ2v) is 10.2. The van der Waals surface area contributed by atoms with Crippen LogP contribution in [0.15, 0.2) is 24.7 Å². The summed E-state index contributed by atoms with van der Waals surface area (Å²) in [6, 6.07) is 0.564. The van der Waals surface area contributed by atoms with Crippen LogP contribution < -0.4 is 15.3 Å². The Kier molecular flexibility index (Phi) is 8.85. The molecule has 3 aromatic heterocycles. The highest BCUT2D eigenvalue weighted by atomic mass is 19.4. The molecule has 0 spiro atoms. The van der Waals surface area contributed by atoms with Crippen LogP contribution in [0, 0.1) is 0 Å². The quantitative estimate of drug-likeness (QED) is 0.221. The number of carboxylic acid groups (broad SMARTS) is 1. The summed E-state index contributed by atoms with van der Waals surface area (Å²) in [5.74, 6) is -6.51. The molecule has 4 rings (SSSR count). The fraction of sp³-hybridized carbons (Fsp3) is 0.522. The molecule has 5 N–H and O–H groups in total. The van der Waals surface area contributed by atoms with Crippen LogP contribution in [0.5, 0.6) is 0 Å². The lowest BCUT2D eigenvalue weighted by Gasteiger charge is -2.35.